The molecule has 0 spiro atoms. The van der Waals surface area contributed by atoms with Crippen LogP contribution in [0.5, 0.6) is 0 Å². The van der Waals surface area contributed by atoms with Gasteiger partial charge in [-0.05, 0) is 37.6 Å². The van der Waals surface area contributed by atoms with Gasteiger partial charge in [0.15, 0.2) is 0 Å². The number of para-hydroxylation sites is 1. The van der Waals surface area contributed by atoms with Crippen molar-refractivity contribution in [2.45, 2.75) is 32.4 Å². The zero-order valence-electron chi connectivity index (χ0n) is 11.6. The number of amides is 1. The normalized spacial score (nSPS) is 18.2. The fourth-order valence-electron chi connectivity index (χ4n) is 2.53. The predicted molar refractivity (Wildman–Crippen MR) is 77.6 cm³/mol. The summed E-state index contributed by atoms with van der Waals surface area (Å²) in [5.41, 5.74) is 2.24. The van der Waals surface area contributed by atoms with E-state index in [0.717, 1.165) is 23.6 Å². The van der Waals surface area contributed by atoms with E-state index >= 15 is 0 Å². The van der Waals surface area contributed by atoms with Crippen molar-refractivity contribution in [2.75, 3.05) is 5.32 Å². The van der Waals surface area contributed by atoms with Crippen LogP contribution in [0, 0.1) is 6.92 Å². The van der Waals surface area contributed by atoms with Crippen molar-refractivity contribution in [1.29, 1.82) is 0 Å². The van der Waals surface area contributed by atoms with Gasteiger partial charge in [0, 0.05) is 12.1 Å². The van der Waals surface area contributed by atoms with E-state index < -0.39 is 0 Å². The Labute approximate surface area is 118 Å². The van der Waals surface area contributed by atoms with Crippen molar-refractivity contribution in [2.24, 2.45) is 0 Å². The molecule has 0 saturated carbocycles. The number of furan rings is 1. The highest BCUT2D eigenvalue weighted by molar-refractivity contribution is 5.87. The zero-order chi connectivity index (χ0) is 14.1. The zero-order valence-corrected chi connectivity index (χ0v) is 11.6. The number of aryl methyl sites for hydroxylation is 1. The van der Waals surface area contributed by atoms with Crippen LogP contribution in [0.4, 0.5) is 5.69 Å². The quantitative estimate of drug-likeness (QED) is 0.901. The molecule has 2 heterocycles. The Morgan fingerprint density at radius 3 is 2.85 bits per heavy atom. The fourth-order valence-corrected chi connectivity index (χ4v) is 2.53. The van der Waals surface area contributed by atoms with Crippen LogP contribution in [0.15, 0.2) is 40.8 Å². The summed E-state index contributed by atoms with van der Waals surface area (Å²) in [6.45, 7) is 3.82. The highest BCUT2D eigenvalue weighted by atomic mass is 16.3. The van der Waals surface area contributed by atoms with Crippen LogP contribution in [0.2, 0.25) is 0 Å². The first-order chi connectivity index (χ1) is 9.63. The maximum Gasteiger partial charge on any atom is 0.243 e. The van der Waals surface area contributed by atoms with Crippen LogP contribution in [0.25, 0.3) is 0 Å². The van der Waals surface area contributed by atoms with Gasteiger partial charge in [-0.3, -0.25) is 4.79 Å². The van der Waals surface area contributed by atoms with Gasteiger partial charge in [0.2, 0.25) is 5.91 Å². The van der Waals surface area contributed by atoms with Gasteiger partial charge in [-0.2, -0.15) is 0 Å². The maximum absolute atomic E-state index is 12.3. The summed E-state index contributed by atoms with van der Waals surface area (Å²) in [5, 5.41) is 6.24. The monoisotopic (exact) mass is 270 g/mol. The molecule has 1 aliphatic rings. The molecule has 1 aliphatic heterocycles. The minimum absolute atomic E-state index is 0.00255. The van der Waals surface area contributed by atoms with Gasteiger partial charge in [0.1, 0.15) is 17.6 Å². The lowest BCUT2D eigenvalue weighted by molar-refractivity contribution is -0.122. The number of benzene rings is 1. The van der Waals surface area contributed by atoms with E-state index in [0.29, 0.717) is 0 Å². The number of fused-ring (bicyclic) bond motifs is 1. The van der Waals surface area contributed by atoms with E-state index in [2.05, 4.69) is 16.7 Å². The van der Waals surface area contributed by atoms with E-state index in [-0.39, 0.29) is 18.0 Å². The van der Waals surface area contributed by atoms with Crippen molar-refractivity contribution < 1.29 is 9.21 Å². The largest absolute Gasteiger partial charge is 0.464 e. The lowest BCUT2D eigenvalue weighted by Gasteiger charge is -2.16. The molecule has 4 heteroatoms. The summed E-state index contributed by atoms with van der Waals surface area (Å²) in [7, 11) is 0. The first-order valence-corrected chi connectivity index (χ1v) is 6.84. The molecule has 0 bridgehead atoms. The molecule has 20 heavy (non-hydrogen) atoms. The minimum atomic E-state index is -0.203. The molecule has 2 atom stereocenters. The van der Waals surface area contributed by atoms with Gasteiger partial charge in [-0.15, -0.1) is 0 Å². The summed E-state index contributed by atoms with van der Waals surface area (Å²) in [6, 6.07) is 11.5. The van der Waals surface area contributed by atoms with Crippen molar-refractivity contribution in [3.05, 3.63) is 53.5 Å². The van der Waals surface area contributed by atoms with Crippen molar-refractivity contribution in [3.63, 3.8) is 0 Å². The van der Waals surface area contributed by atoms with Crippen LogP contribution < -0.4 is 10.6 Å². The van der Waals surface area contributed by atoms with E-state index in [9.17, 15) is 4.79 Å². The van der Waals surface area contributed by atoms with Gasteiger partial charge < -0.3 is 15.1 Å². The average molecular weight is 270 g/mol. The second kappa shape index (κ2) is 5.04. The average Bonchev–Trinajstić information content (AvgIpc) is 3.04. The lowest BCUT2D eigenvalue weighted by Crippen LogP contribution is -2.39. The molecule has 1 aromatic carbocycles. The standard InChI is InChI=1S/C16H18N2O2/c1-10-7-8-15(20-10)11(2)17-16(19)14-9-12-5-3-4-6-13(12)18-14/h3-8,11,14,18H,9H2,1-2H3,(H,17,19)/t11?,14-/m0/s1. The van der Waals surface area contributed by atoms with Gasteiger partial charge in [0.25, 0.3) is 0 Å². The van der Waals surface area contributed by atoms with Crippen LogP contribution in [0.1, 0.15) is 30.0 Å². The summed E-state index contributed by atoms with van der Waals surface area (Å²) < 4.78 is 5.54. The molecule has 0 aliphatic carbocycles. The Hall–Kier alpha value is -2.23. The maximum atomic E-state index is 12.3. The Morgan fingerprint density at radius 1 is 1.35 bits per heavy atom. The second-order valence-corrected chi connectivity index (χ2v) is 5.24. The highest BCUT2D eigenvalue weighted by Crippen LogP contribution is 2.25. The molecule has 3 rings (SSSR count). The topological polar surface area (TPSA) is 54.3 Å². The first-order valence-electron chi connectivity index (χ1n) is 6.84. The lowest BCUT2D eigenvalue weighted by atomic mass is 10.1. The van der Waals surface area contributed by atoms with Crippen molar-refractivity contribution in [1.82, 2.24) is 5.32 Å². The number of anilines is 1. The smallest absolute Gasteiger partial charge is 0.243 e. The van der Waals surface area contributed by atoms with Gasteiger partial charge in [-0.1, -0.05) is 18.2 Å². The Bertz CT molecular complexity index is 608. The molecular formula is C16H18N2O2. The van der Waals surface area contributed by atoms with Gasteiger partial charge in [0.05, 0.1) is 6.04 Å². The summed E-state index contributed by atoms with van der Waals surface area (Å²) in [5.74, 6) is 1.64. The van der Waals surface area contributed by atoms with Gasteiger partial charge >= 0.3 is 0 Å². The molecule has 1 amide bonds. The van der Waals surface area contributed by atoms with Crippen molar-refractivity contribution >= 4 is 11.6 Å². The molecule has 0 fully saturated rings. The molecule has 0 saturated heterocycles. The van der Waals surface area contributed by atoms with E-state index in [1.54, 1.807) is 0 Å². The molecule has 2 N–H and O–H groups in total. The molecule has 1 aromatic heterocycles. The Kier molecular flexibility index (Phi) is 3.22. The molecule has 4 nitrogen and oxygen atoms in total. The van der Waals surface area contributed by atoms with E-state index in [1.165, 1.54) is 5.56 Å². The molecular weight excluding hydrogens is 252 g/mol. The SMILES string of the molecule is Cc1ccc(C(C)NC(=O)[C@@H]2Cc3ccccc3N2)o1. The number of rotatable bonds is 3. The molecule has 2 aromatic rings. The first kappa shape index (κ1) is 12.8. The highest BCUT2D eigenvalue weighted by Gasteiger charge is 2.27. The third kappa shape index (κ3) is 2.41. The number of hydrogen-bond acceptors (Lipinski definition) is 3. The van der Waals surface area contributed by atoms with Crippen molar-refractivity contribution in [3.8, 4) is 0 Å². The number of nitrogens with one attached hydrogen (secondary N) is 2. The molecule has 1 unspecified atom stereocenters. The number of hydrogen-bond donors (Lipinski definition) is 2. The Morgan fingerprint density at radius 2 is 2.15 bits per heavy atom. The predicted octanol–water partition coefficient (Wildman–Crippen LogP) is 2.80. The second-order valence-electron chi connectivity index (χ2n) is 5.24. The fraction of sp³-hybridized carbons (Fsp3) is 0.312. The third-order valence-corrected chi connectivity index (χ3v) is 3.63. The number of carbonyl (C=O) groups is 1. The van der Waals surface area contributed by atoms with E-state index in [1.807, 2.05) is 44.2 Å². The van der Waals surface area contributed by atoms with Crippen LogP contribution in [-0.2, 0) is 11.2 Å². The molecule has 0 radical (unpaired) electrons. The summed E-state index contributed by atoms with van der Waals surface area (Å²) in [6.07, 6.45) is 0.728. The third-order valence-electron chi connectivity index (χ3n) is 3.63. The van der Waals surface area contributed by atoms with E-state index in [4.69, 9.17) is 4.42 Å². The van der Waals surface area contributed by atoms with Crippen LogP contribution in [0.3, 0.4) is 0 Å². The molecule has 104 valence electrons. The summed E-state index contributed by atoms with van der Waals surface area (Å²) in [4.78, 5) is 12.3. The van der Waals surface area contributed by atoms with Crippen LogP contribution in [-0.4, -0.2) is 11.9 Å². The minimum Gasteiger partial charge on any atom is -0.464 e. The number of carbonyl (C=O) groups excluding carboxylic acids is 1. The van der Waals surface area contributed by atoms with Crippen LogP contribution >= 0.6 is 0 Å². The van der Waals surface area contributed by atoms with Gasteiger partial charge in [-0.25, -0.2) is 0 Å². The summed E-state index contributed by atoms with van der Waals surface area (Å²) >= 11 is 0. The Balaban J connectivity index is 1.64.